The fourth-order valence-electron chi connectivity index (χ4n) is 1.90. The van der Waals surface area contributed by atoms with E-state index in [0.29, 0.717) is 0 Å². The molecule has 0 bridgehead atoms. The van der Waals surface area contributed by atoms with Gasteiger partial charge in [0.1, 0.15) is 5.82 Å². The van der Waals surface area contributed by atoms with Gasteiger partial charge >= 0.3 is 0 Å². The molecule has 0 atom stereocenters. The fraction of sp³-hybridized carbons (Fsp3) is 0.583. The Bertz CT molecular complexity index is 312. The highest BCUT2D eigenvalue weighted by atomic mass is 15.2. The van der Waals surface area contributed by atoms with Gasteiger partial charge < -0.3 is 15.1 Å². The van der Waals surface area contributed by atoms with Crippen LogP contribution in [-0.4, -0.2) is 45.3 Å². The molecule has 1 fully saturated rings. The minimum absolute atomic E-state index is 1.05. The third kappa shape index (κ3) is 2.64. The maximum atomic E-state index is 4.52. The molecule has 1 aliphatic rings. The highest BCUT2D eigenvalue weighted by Crippen LogP contribution is 2.16. The molecule has 0 spiro atoms. The van der Waals surface area contributed by atoms with E-state index in [1.54, 1.807) is 0 Å². The summed E-state index contributed by atoms with van der Waals surface area (Å²) in [6.45, 7) is 4.32. The van der Waals surface area contributed by atoms with E-state index < -0.39 is 0 Å². The molecule has 1 aromatic rings. The smallest absolute Gasteiger partial charge is 0.128 e. The topological polar surface area (TPSA) is 31.4 Å². The summed E-state index contributed by atoms with van der Waals surface area (Å²) in [5.74, 6) is 1.09. The second-order valence-corrected chi connectivity index (χ2v) is 4.36. The lowest BCUT2D eigenvalue weighted by Crippen LogP contribution is -2.28. The first-order valence-electron chi connectivity index (χ1n) is 5.86. The maximum Gasteiger partial charge on any atom is 0.128 e. The van der Waals surface area contributed by atoms with Crippen molar-refractivity contribution < 1.29 is 0 Å². The third-order valence-electron chi connectivity index (χ3n) is 2.91. The van der Waals surface area contributed by atoms with E-state index >= 15 is 0 Å². The van der Waals surface area contributed by atoms with Gasteiger partial charge in [-0.2, -0.15) is 0 Å². The Morgan fingerprint density at radius 3 is 2.81 bits per heavy atom. The van der Waals surface area contributed by atoms with Crippen LogP contribution in [0.2, 0.25) is 0 Å². The summed E-state index contributed by atoms with van der Waals surface area (Å²) in [5.41, 5.74) is 1.15. The molecule has 0 radical (unpaired) electrons. The van der Waals surface area contributed by atoms with Crippen molar-refractivity contribution >= 4 is 11.5 Å². The average Bonchev–Trinajstić information content (AvgIpc) is 2.57. The predicted molar refractivity (Wildman–Crippen MR) is 68.3 cm³/mol. The fourth-order valence-corrected chi connectivity index (χ4v) is 1.90. The zero-order chi connectivity index (χ0) is 11.4. The molecule has 2 heterocycles. The molecule has 4 heteroatoms. The van der Waals surface area contributed by atoms with Crippen molar-refractivity contribution in [2.45, 2.75) is 6.42 Å². The molecule has 0 aromatic carbocycles. The van der Waals surface area contributed by atoms with Gasteiger partial charge in [-0.25, -0.2) is 4.98 Å². The number of nitrogens with zero attached hydrogens (tertiary/aromatic N) is 3. The van der Waals surface area contributed by atoms with Gasteiger partial charge in [-0.3, -0.25) is 0 Å². The number of anilines is 2. The van der Waals surface area contributed by atoms with Crippen LogP contribution in [0.3, 0.4) is 0 Å². The second kappa shape index (κ2) is 5.16. The number of pyridine rings is 1. The van der Waals surface area contributed by atoms with Crippen molar-refractivity contribution in [2.75, 3.05) is 50.1 Å². The van der Waals surface area contributed by atoms with Gasteiger partial charge in [-0.05, 0) is 25.1 Å². The molecule has 0 saturated carbocycles. The highest BCUT2D eigenvalue weighted by Gasteiger charge is 2.10. The molecule has 4 nitrogen and oxygen atoms in total. The third-order valence-corrected chi connectivity index (χ3v) is 2.91. The van der Waals surface area contributed by atoms with Crippen LogP contribution >= 0.6 is 0 Å². The molecular weight excluding hydrogens is 200 g/mol. The number of hydrogen-bond acceptors (Lipinski definition) is 4. The molecule has 0 aliphatic carbocycles. The van der Waals surface area contributed by atoms with E-state index in [-0.39, 0.29) is 0 Å². The summed E-state index contributed by atoms with van der Waals surface area (Å²) >= 11 is 0. The van der Waals surface area contributed by atoms with Crippen LogP contribution in [0.4, 0.5) is 11.5 Å². The molecule has 1 aromatic heterocycles. The Hall–Kier alpha value is -1.29. The van der Waals surface area contributed by atoms with Crippen molar-refractivity contribution in [1.29, 1.82) is 0 Å². The van der Waals surface area contributed by atoms with Crippen LogP contribution < -0.4 is 15.1 Å². The lowest BCUT2D eigenvalue weighted by molar-refractivity contribution is 0.724. The van der Waals surface area contributed by atoms with Crippen molar-refractivity contribution in [3.63, 3.8) is 0 Å². The molecule has 1 aliphatic heterocycles. The van der Waals surface area contributed by atoms with Gasteiger partial charge in [0.2, 0.25) is 0 Å². The van der Waals surface area contributed by atoms with Crippen molar-refractivity contribution in [3.8, 4) is 0 Å². The van der Waals surface area contributed by atoms with Crippen LogP contribution in [0.15, 0.2) is 18.3 Å². The van der Waals surface area contributed by atoms with Gasteiger partial charge in [0, 0.05) is 33.7 Å². The summed E-state index contributed by atoms with van der Waals surface area (Å²) in [7, 11) is 4.07. The number of aromatic nitrogens is 1. The van der Waals surface area contributed by atoms with Crippen molar-refractivity contribution in [3.05, 3.63) is 18.3 Å². The second-order valence-electron chi connectivity index (χ2n) is 4.36. The number of rotatable bonds is 2. The summed E-state index contributed by atoms with van der Waals surface area (Å²) in [6, 6.07) is 4.24. The molecular formula is C12H20N4. The first-order valence-corrected chi connectivity index (χ1v) is 5.86. The van der Waals surface area contributed by atoms with E-state index in [1.165, 1.54) is 6.42 Å². The Morgan fingerprint density at radius 2 is 2.12 bits per heavy atom. The monoisotopic (exact) mass is 220 g/mol. The van der Waals surface area contributed by atoms with Crippen molar-refractivity contribution in [2.24, 2.45) is 0 Å². The van der Waals surface area contributed by atoms with Crippen molar-refractivity contribution in [1.82, 2.24) is 10.3 Å². The molecule has 0 unspecified atom stereocenters. The predicted octanol–water partition coefficient (Wildman–Crippen LogP) is 0.947. The molecule has 16 heavy (non-hydrogen) atoms. The van der Waals surface area contributed by atoms with Crippen LogP contribution in [0.25, 0.3) is 0 Å². The summed E-state index contributed by atoms with van der Waals surface area (Å²) in [5, 5.41) is 3.40. The van der Waals surface area contributed by atoms with E-state index in [2.05, 4.69) is 32.2 Å². The Balaban J connectivity index is 2.07. The molecule has 1 saturated heterocycles. The van der Waals surface area contributed by atoms with E-state index in [1.807, 2.05) is 20.3 Å². The normalized spacial score (nSPS) is 17.0. The largest absolute Gasteiger partial charge is 0.376 e. The van der Waals surface area contributed by atoms with E-state index in [4.69, 9.17) is 0 Å². The molecule has 0 amide bonds. The van der Waals surface area contributed by atoms with Gasteiger partial charge in [-0.15, -0.1) is 0 Å². The van der Waals surface area contributed by atoms with Crippen LogP contribution in [-0.2, 0) is 0 Å². The average molecular weight is 220 g/mol. The Kier molecular flexibility index (Phi) is 3.62. The number of nitrogens with one attached hydrogen (secondary N) is 1. The first-order chi connectivity index (χ1) is 7.77. The van der Waals surface area contributed by atoms with Gasteiger partial charge in [-0.1, -0.05) is 0 Å². The summed E-state index contributed by atoms with van der Waals surface area (Å²) < 4.78 is 0. The zero-order valence-electron chi connectivity index (χ0n) is 10.1. The minimum Gasteiger partial charge on any atom is -0.376 e. The highest BCUT2D eigenvalue weighted by molar-refractivity contribution is 5.49. The van der Waals surface area contributed by atoms with Crippen LogP contribution in [0.1, 0.15) is 6.42 Å². The molecule has 88 valence electrons. The van der Waals surface area contributed by atoms with Gasteiger partial charge in [0.15, 0.2) is 0 Å². The molecule has 2 rings (SSSR count). The quantitative estimate of drug-likeness (QED) is 0.804. The van der Waals surface area contributed by atoms with Gasteiger partial charge in [0.05, 0.1) is 11.9 Å². The zero-order valence-corrected chi connectivity index (χ0v) is 10.1. The lowest BCUT2D eigenvalue weighted by atomic mass is 10.3. The summed E-state index contributed by atoms with van der Waals surface area (Å²) in [6.07, 6.45) is 3.13. The standard InChI is InChI=1S/C12H20N4/c1-15(2)11-4-5-12(14-10-11)16-8-3-6-13-7-9-16/h4-5,10,13H,3,6-9H2,1-2H3. The maximum absolute atomic E-state index is 4.52. The van der Waals surface area contributed by atoms with Gasteiger partial charge in [0.25, 0.3) is 0 Å². The molecule has 1 N–H and O–H groups in total. The van der Waals surface area contributed by atoms with Crippen LogP contribution in [0, 0.1) is 0 Å². The van der Waals surface area contributed by atoms with E-state index in [9.17, 15) is 0 Å². The summed E-state index contributed by atoms with van der Waals surface area (Å²) in [4.78, 5) is 8.94. The minimum atomic E-state index is 1.05. The lowest BCUT2D eigenvalue weighted by Gasteiger charge is -2.21. The van der Waals surface area contributed by atoms with Crippen LogP contribution in [0.5, 0.6) is 0 Å². The van der Waals surface area contributed by atoms with E-state index in [0.717, 1.165) is 37.7 Å². The Morgan fingerprint density at radius 1 is 1.25 bits per heavy atom. The Labute approximate surface area is 97.3 Å². The SMILES string of the molecule is CN(C)c1ccc(N2CCCNCC2)nc1. The first kappa shape index (κ1) is 11.2. The number of hydrogen-bond donors (Lipinski definition) is 1.